The fourth-order valence-electron chi connectivity index (χ4n) is 0.876. The number of ether oxygens (including phenoxy) is 1. The van der Waals surface area contributed by atoms with Gasteiger partial charge in [0.2, 0.25) is 0 Å². The Balaban J connectivity index is 3.36. The maximum absolute atomic E-state index is 10.6. The van der Waals surface area contributed by atoms with E-state index in [0.29, 0.717) is 19.3 Å². The Hall–Kier alpha value is -0.830. The number of rotatable bonds is 5. The molecule has 0 bridgehead atoms. The zero-order valence-electron chi connectivity index (χ0n) is 7.62. The van der Waals surface area contributed by atoms with Crippen LogP contribution in [0.3, 0.4) is 0 Å². The normalized spacial score (nSPS) is 13.2. The van der Waals surface area contributed by atoms with E-state index < -0.39 is 6.10 Å². The maximum atomic E-state index is 10.6. The molecule has 0 aliphatic heterocycles. The van der Waals surface area contributed by atoms with Crippen molar-refractivity contribution in [1.29, 1.82) is 0 Å². The summed E-state index contributed by atoms with van der Waals surface area (Å²) in [5.74, 6) is -0.220. The smallest absolute Gasteiger partial charge is 0.305 e. The van der Waals surface area contributed by atoms with E-state index in [1.807, 2.05) is 6.92 Å². The minimum absolute atomic E-state index is 0.220. The van der Waals surface area contributed by atoms with E-state index in [-0.39, 0.29) is 5.97 Å². The minimum Gasteiger partial charge on any atom is -0.469 e. The van der Waals surface area contributed by atoms with Gasteiger partial charge in [0.1, 0.15) is 0 Å². The largest absolute Gasteiger partial charge is 0.469 e. The number of methoxy groups -OCH3 is 1. The third-order valence-electron chi connectivity index (χ3n) is 1.52. The second-order valence-corrected chi connectivity index (χ2v) is 2.56. The molecule has 0 radical (unpaired) electrons. The lowest BCUT2D eigenvalue weighted by atomic mass is 10.1. The summed E-state index contributed by atoms with van der Waals surface area (Å²) in [6.45, 7) is 1.85. The SMILES string of the molecule is CC=CC(O)CCCC(=O)OC. The number of allylic oxidation sites excluding steroid dienone is 1. The molecule has 0 saturated carbocycles. The first-order valence-electron chi connectivity index (χ1n) is 4.08. The van der Waals surface area contributed by atoms with Crippen LogP contribution in [0.1, 0.15) is 26.2 Å². The molecule has 3 nitrogen and oxygen atoms in total. The van der Waals surface area contributed by atoms with E-state index >= 15 is 0 Å². The zero-order valence-corrected chi connectivity index (χ0v) is 7.62. The Kier molecular flexibility index (Phi) is 6.38. The summed E-state index contributed by atoms with van der Waals surface area (Å²) in [5.41, 5.74) is 0. The van der Waals surface area contributed by atoms with E-state index in [1.54, 1.807) is 12.2 Å². The fourth-order valence-corrected chi connectivity index (χ4v) is 0.876. The highest BCUT2D eigenvalue weighted by molar-refractivity contribution is 5.68. The van der Waals surface area contributed by atoms with Crippen molar-refractivity contribution in [2.75, 3.05) is 7.11 Å². The van der Waals surface area contributed by atoms with Gasteiger partial charge in [-0.3, -0.25) is 4.79 Å². The quantitative estimate of drug-likeness (QED) is 0.501. The third kappa shape index (κ3) is 5.92. The van der Waals surface area contributed by atoms with Gasteiger partial charge in [0.15, 0.2) is 0 Å². The average Bonchev–Trinajstić information content (AvgIpc) is 2.04. The van der Waals surface area contributed by atoms with Crippen molar-refractivity contribution in [3.8, 4) is 0 Å². The van der Waals surface area contributed by atoms with Crippen molar-refractivity contribution in [1.82, 2.24) is 0 Å². The average molecular weight is 172 g/mol. The van der Waals surface area contributed by atoms with Crippen molar-refractivity contribution in [2.24, 2.45) is 0 Å². The van der Waals surface area contributed by atoms with Crippen molar-refractivity contribution in [2.45, 2.75) is 32.3 Å². The molecule has 70 valence electrons. The summed E-state index contributed by atoms with van der Waals surface area (Å²) in [5, 5.41) is 9.20. The van der Waals surface area contributed by atoms with E-state index in [0.717, 1.165) is 0 Å². The second kappa shape index (κ2) is 6.85. The van der Waals surface area contributed by atoms with Crippen LogP contribution in [0.4, 0.5) is 0 Å². The van der Waals surface area contributed by atoms with Crippen LogP contribution in [0.15, 0.2) is 12.2 Å². The molecule has 0 heterocycles. The highest BCUT2D eigenvalue weighted by Crippen LogP contribution is 2.02. The molecule has 0 aromatic rings. The van der Waals surface area contributed by atoms with Crippen molar-refractivity contribution >= 4 is 5.97 Å². The Morgan fingerprint density at radius 3 is 2.83 bits per heavy atom. The van der Waals surface area contributed by atoms with Gasteiger partial charge in [0, 0.05) is 6.42 Å². The summed E-state index contributed by atoms with van der Waals surface area (Å²) in [6.07, 6.45) is 4.72. The van der Waals surface area contributed by atoms with Gasteiger partial charge in [-0.1, -0.05) is 12.2 Å². The van der Waals surface area contributed by atoms with Crippen LogP contribution in [0, 0.1) is 0 Å². The molecule has 0 aromatic heterocycles. The van der Waals surface area contributed by atoms with Crippen LogP contribution in [-0.4, -0.2) is 24.3 Å². The van der Waals surface area contributed by atoms with E-state index in [2.05, 4.69) is 4.74 Å². The van der Waals surface area contributed by atoms with Gasteiger partial charge in [-0.25, -0.2) is 0 Å². The zero-order chi connectivity index (χ0) is 9.40. The first-order valence-corrected chi connectivity index (χ1v) is 4.08. The highest BCUT2D eigenvalue weighted by Gasteiger charge is 2.02. The van der Waals surface area contributed by atoms with E-state index in [9.17, 15) is 9.90 Å². The van der Waals surface area contributed by atoms with E-state index in [4.69, 9.17) is 0 Å². The molecule has 0 amide bonds. The predicted molar refractivity (Wildman–Crippen MR) is 46.7 cm³/mol. The fraction of sp³-hybridized carbons (Fsp3) is 0.667. The number of hydrogen-bond donors (Lipinski definition) is 1. The number of carbonyl (C=O) groups is 1. The molecule has 12 heavy (non-hydrogen) atoms. The lowest BCUT2D eigenvalue weighted by molar-refractivity contribution is -0.140. The summed E-state index contributed by atoms with van der Waals surface area (Å²) in [6, 6.07) is 0. The number of hydrogen-bond acceptors (Lipinski definition) is 3. The standard InChI is InChI=1S/C9H16O3/c1-3-5-8(10)6-4-7-9(11)12-2/h3,5,8,10H,4,6-7H2,1-2H3. The molecule has 0 aromatic carbocycles. The number of esters is 1. The first kappa shape index (κ1) is 11.2. The maximum Gasteiger partial charge on any atom is 0.305 e. The highest BCUT2D eigenvalue weighted by atomic mass is 16.5. The Bertz CT molecular complexity index is 152. The molecular formula is C9H16O3. The van der Waals surface area contributed by atoms with Crippen LogP contribution < -0.4 is 0 Å². The van der Waals surface area contributed by atoms with Crippen LogP contribution in [-0.2, 0) is 9.53 Å². The van der Waals surface area contributed by atoms with Crippen LogP contribution in [0.25, 0.3) is 0 Å². The van der Waals surface area contributed by atoms with Crippen molar-refractivity contribution in [3.63, 3.8) is 0 Å². The molecule has 1 unspecified atom stereocenters. The number of aliphatic hydroxyl groups excluding tert-OH is 1. The molecule has 0 aliphatic rings. The molecule has 0 fully saturated rings. The van der Waals surface area contributed by atoms with Gasteiger partial charge in [-0.15, -0.1) is 0 Å². The van der Waals surface area contributed by atoms with Gasteiger partial charge >= 0.3 is 5.97 Å². The molecule has 0 saturated heterocycles. The van der Waals surface area contributed by atoms with Gasteiger partial charge < -0.3 is 9.84 Å². The summed E-state index contributed by atoms with van der Waals surface area (Å²) in [4.78, 5) is 10.6. The van der Waals surface area contributed by atoms with Gasteiger partial charge in [0.05, 0.1) is 13.2 Å². The summed E-state index contributed by atoms with van der Waals surface area (Å²) in [7, 11) is 1.37. The topological polar surface area (TPSA) is 46.5 Å². The molecule has 0 rings (SSSR count). The monoisotopic (exact) mass is 172 g/mol. The molecule has 0 aliphatic carbocycles. The molecule has 3 heteroatoms. The van der Waals surface area contributed by atoms with Crippen molar-refractivity contribution in [3.05, 3.63) is 12.2 Å². The predicted octanol–water partition coefficient (Wildman–Crippen LogP) is 1.27. The Labute approximate surface area is 73.0 Å². The van der Waals surface area contributed by atoms with E-state index in [1.165, 1.54) is 7.11 Å². The molecule has 1 N–H and O–H groups in total. The van der Waals surface area contributed by atoms with Gasteiger partial charge in [-0.2, -0.15) is 0 Å². The molecule has 1 atom stereocenters. The summed E-state index contributed by atoms with van der Waals surface area (Å²) < 4.78 is 4.45. The molecular weight excluding hydrogens is 156 g/mol. The van der Waals surface area contributed by atoms with Crippen LogP contribution >= 0.6 is 0 Å². The number of aliphatic hydroxyl groups is 1. The first-order chi connectivity index (χ1) is 5.70. The lowest BCUT2D eigenvalue weighted by Gasteiger charge is -2.03. The Morgan fingerprint density at radius 2 is 2.33 bits per heavy atom. The minimum atomic E-state index is -0.431. The van der Waals surface area contributed by atoms with Gasteiger partial charge in [-0.05, 0) is 19.8 Å². The Morgan fingerprint density at radius 1 is 1.67 bits per heavy atom. The molecule has 0 spiro atoms. The third-order valence-corrected chi connectivity index (χ3v) is 1.52. The second-order valence-electron chi connectivity index (χ2n) is 2.56. The lowest BCUT2D eigenvalue weighted by Crippen LogP contribution is -2.05. The van der Waals surface area contributed by atoms with Crippen LogP contribution in [0.2, 0.25) is 0 Å². The van der Waals surface area contributed by atoms with Crippen LogP contribution in [0.5, 0.6) is 0 Å². The number of carbonyl (C=O) groups excluding carboxylic acids is 1. The summed E-state index contributed by atoms with van der Waals surface area (Å²) >= 11 is 0. The van der Waals surface area contributed by atoms with Gasteiger partial charge in [0.25, 0.3) is 0 Å². The van der Waals surface area contributed by atoms with Crippen molar-refractivity contribution < 1.29 is 14.6 Å².